The van der Waals surface area contributed by atoms with E-state index in [2.05, 4.69) is 31.2 Å². The number of allylic oxidation sites excluding steroid dienone is 4. The van der Waals surface area contributed by atoms with Crippen LogP contribution in [0, 0.1) is 0 Å². The largest absolute Gasteiger partial charge is 0.477 e. The summed E-state index contributed by atoms with van der Waals surface area (Å²) in [4.78, 5) is 36.0. The summed E-state index contributed by atoms with van der Waals surface area (Å²) in [7, 11) is 5.48. The Kier molecular flexibility index (Phi) is 25.1. The van der Waals surface area contributed by atoms with Gasteiger partial charge in [-0.1, -0.05) is 83.1 Å². The highest BCUT2D eigenvalue weighted by Gasteiger charge is 2.31. The van der Waals surface area contributed by atoms with Gasteiger partial charge in [-0.3, -0.25) is 9.59 Å². The maximum atomic E-state index is 12.5. The van der Waals surface area contributed by atoms with Crippen molar-refractivity contribution in [2.75, 3.05) is 41.0 Å². The number of quaternary nitrogens is 1. The minimum atomic E-state index is -0.883. The number of hydrogen-bond donors (Lipinski definition) is 1. The third kappa shape index (κ3) is 24.4. The van der Waals surface area contributed by atoms with Gasteiger partial charge < -0.3 is 23.8 Å². The van der Waals surface area contributed by atoms with Gasteiger partial charge in [-0.2, -0.15) is 0 Å². The number of carboxylic acids is 1. The molecule has 0 aliphatic heterocycles. The molecule has 2 atom stereocenters. The Morgan fingerprint density at radius 1 is 0.714 bits per heavy atom. The zero-order valence-corrected chi connectivity index (χ0v) is 27.5. The molecule has 0 aliphatic rings. The van der Waals surface area contributed by atoms with Crippen molar-refractivity contribution in [3.63, 3.8) is 0 Å². The number of rotatable bonds is 28. The molecule has 0 aromatic heterocycles. The van der Waals surface area contributed by atoms with Gasteiger partial charge in [0.25, 0.3) is 0 Å². The molecule has 0 spiro atoms. The fourth-order valence-corrected chi connectivity index (χ4v) is 4.45. The normalized spacial score (nSPS) is 13.5. The van der Waals surface area contributed by atoms with Gasteiger partial charge >= 0.3 is 17.9 Å². The van der Waals surface area contributed by atoms with Crippen LogP contribution < -0.4 is 0 Å². The average molecular weight is 597 g/mol. The van der Waals surface area contributed by atoms with E-state index in [0.29, 0.717) is 19.3 Å². The molecule has 0 aromatic carbocycles. The molecular formula is C34H62NO7+. The minimum absolute atomic E-state index is 0.0541. The molecule has 8 heteroatoms. The first kappa shape index (κ1) is 39.8. The monoisotopic (exact) mass is 596 g/mol. The smallest absolute Gasteiger partial charge is 0.362 e. The van der Waals surface area contributed by atoms with E-state index in [9.17, 15) is 19.5 Å². The molecule has 0 fully saturated rings. The summed E-state index contributed by atoms with van der Waals surface area (Å²) in [6.07, 6.45) is 24.6. The first-order valence-corrected chi connectivity index (χ1v) is 16.4. The SMILES string of the molecule is CCCCCC/C=C\C/C=C\CCCCCCCC(=O)OC(COCCC(C(=O)O)[N+](C)(C)C)COC(=O)CCCC. The van der Waals surface area contributed by atoms with Crippen molar-refractivity contribution in [2.45, 2.75) is 135 Å². The first-order valence-electron chi connectivity index (χ1n) is 16.4. The Hall–Kier alpha value is -2.19. The Balaban J connectivity index is 4.26. The van der Waals surface area contributed by atoms with E-state index >= 15 is 0 Å². The lowest BCUT2D eigenvalue weighted by Crippen LogP contribution is -2.50. The van der Waals surface area contributed by atoms with Crippen molar-refractivity contribution in [1.82, 2.24) is 0 Å². The molecule has 0 aliphatic carbocycles. The highest BCUT2D eigenvalue weighted by molar-refractivity contribution is 5.72. The molecule has 2 unspecified atom stereocenters. The standard InChI is InChI=1S/C34H61NO7/c1-6-8-10-11-12-13-14-15-16-17-18-19-20-21-22-23-25-33(37)42-30(29-41-32(36)24-9-7-2)28-40-27-26-31(34(38)39)35(3,4)5/h13-14,16-17,30-31H,6-12,15,18-29H2,1-5H3/p+1/b14-13-,17-16-. The number of esters is 2. The van der Waals surface area contributed by atoms with Crippen molar-refractivity contribution >= 4 is 17.9 Å². The Labute approximate surface area is 256 Å². The lowest BCUT2D eigenvalue weighted by atomic mass is 10.1. The number of aliphatic carboxylic acids is 1. The lowest BCUT2D eigenvalue weighted by Gasteiger charge is -2.31. The molecular weight excluding hydrogens is 534 g/mol. The topological polar surface area (TPSA) is 99.1 Å². The highest BCUT2D eigenvalue weighted by atomic mass is 16.6. The van der Waals surface area contributed by atoms with Crippen molar-refractivity contribution < 1.29 is 38.2 Å². The van der Waals surface area contributed by atoms with Crippen molar-refractivity contribution in [2.24, 2.45) is 0 Å². The number of likely N-dealkylation sites (N-methyl/N-ethyl adjacent to an activating group) is 1. The second-order valence-corrected chi connectivity index (χ2v) is 12.1. The molecule has 0 radical (unpaired) electrons. The molecule has 0 saturated heterocycles. The molecule has 0 aromatic rings. The second-order valence-electron chi connectivity index (χ2n) is 12.1. The van der Waals surface area contributed by atoms with Crippen molar-refractivity contribution in [3.8, 4) is 0 Å². The van der Waals surface area contributed by atoms with Gasteiger partial charge in [0, 0.05) is 19.3 Å². The number of nitrogens with zero attached hydrogens (tertiary/aromatic N) is 1. The number of hydrogen-bond acceptors (Lipinski definition) is 6. The van der Waals surface area contributed by atoms with Crippen LogP contribution in [-0.2, 0) is 28.6 Å². The van der Waals surface area contributed by atoms with E-state index in [1.807, 2.05) is 28.1 Å². The number of carbonyl (C=O) groups excluding carboxylic acids is 2. The van der Waals surface area contributed by atoms with E-state index in [0.717, 1.165) is 57.8 Å². The van der Waals surface area contributed by atoms with Crippen LogP contribution in [0.25, 0.3) is 0 Å². The fourth-order valence-electron chi connectivity index (χ4n) is 4.45. The Morgan fingerprint density at radius 2 is 1.29 bits per heavy atom. The molecule has 0 rings (SSSR count). The summed E-state index contributed by atoms with van der Waals surface area (Å²) < 4.78 is 16.8. The molecule has 0 bridgehead atoms. The molecule has 0 saturated carbocycles. The third-order valence-corrected chi connectivity index (χ3v) is 7.10. The fraction of sp³-hybridized carbons (Fsp3) is 0.794. The van der Waals surface area contributed by atoms with E-state index in [1.165, 1.54) is 32.1 Å². The van der Waals surface area contributed by atoms with E-state index in [4.69, 9.17) is 14.2 Å². The zero-order chi connectivity index (χ0) is 31.5. The molecule has 0 amide bonds. The van der Waals surface area contributed by atoms with Gasteiger partial charge in [0.15, 0.2) is 12.1 Å². The quantitative estimate of drug-likeness (QED) is 0.0435. The van der Waals surface area contributed by atoms with Crippen LogP contribution in [0.2, 0.25) is 0 Å². The van der Waals surface area contributed by atoms with Crippen LogP contribution in [0.5, 0.6) is 0 Å². The number of ether oxygens (including phenoxy) is 3. The van der Waals surface area contributed by atoms with E-state index in [-0.39, 0.29) is 36.2 Å². The second kappa shape index (κ2) is 26.4. The Bertz CT molecular complexity index is 757. The molecule has 1 N–H and O–H groups in total. The molecule has 0 heterocycles. The van der Waals surface area contributed by atoms with Crippen LogP contribution in [0.4, 0.5) is 0 Å². The van der Waals surface area contributed by atoms with Crippen LogP contribution in [-0.4, -0.2) is 80.6 Å². The van der Waals surface area contributed by atoms with Gasteiger partial charge in [-0.05, 0) is 44.9 Å². The van der Waals surface area contributed by atoms with E-state index < -0.39 is 18.1 Å². The van der Waals surface area contributed by atoms with Gasteiger partial charge in [-0.25, -0.2) is 4.79 Å². The van der Waals surface area contributed by atoms with Crippen LogP contribution >= 0.6 is 0 Å². The predicted molar refractivity (Wildman–Crippen MR) is 169 cm³/mol. The third-order valence-electron chi connectivity index (χ3n) is 7.10. The molecule has 42 heavy (non-hydrogen) atoms. The predicted octanol–water partition coefficient (Wildman–Crippen LogP) is 7.40. The maximum absolute atomic E-state index is 12.5. The van der Waals surface area contributed by atoms with E-state index in [1.54, 1.807) is 0 Å². The lowest BCUT2D eigenvalue weighted by molar-refractivity contribution is -0.887. The summed E-state index contributed by atoms with van der Waals surface area (Å²) in [6.45, 7) is 4.43. The summed E-state index contributed by atoms with van der Waals surface area (Å²) in [5.74, 6) is -1.53. The first-order chi connectivity index (χ1) is 20.1. The Morgan fingerprint density at radius 3 is 1.88 bits per heavy atom. The zero-order valence-electron chi connectivity index (χ0n) is 27.5. The molecule has 8 nitrogen and oxygen atoms in total. The molecule has 244 valence electrons. The van der Waals surface area contributed by atoms with Gasteiger partial charge in [0.05, 0.1) is 34.4 Å². The number of carboxylic acid groups (broad SMARTS) is 1. The average Bonchev–Trinajstić information content (AvgIpc) is 2.93. The number of unbranched alkanes of at least 4 members (excludes halogenated alkanes) is 10. The maximum Gasteiger partial charge on any atom is 0.362 e. The van der Waals surface area contributed by atoms with Gasteiger partial charge in [0.1, 0.15) is 6.61 Å². The minimum Gasteiger partial charge on any atom is -0.477 e. The number of carbonyl (C=O) groups is 3. The summed E-state index contributed by atoms with van der Waals surface area (Å²) in [5.41, 5.74) is 0. The van der Waals surface area contributed by atoms with Crippen LogP contribution in [0.1, 0.15) is 123 Å². The van der Waals surface area contributed by atoms with Crippen molar-refractivity contribution in [3.05, 3.63) is 24.3 Å². The van der Waals surface area contributed by atoms with Crippen molar-refractivity contribution in [1.29, 1.82) is 0 Å². The van der Waals surface area contributed by atoms with Gasteiger partial charge in [0.2, 0.25) is 0 Å². The summed E-state index contributed by atoms with van der Waals surface area (Å²) in [5, 5.41) is 9.49. The van der Waals surface area contributed by atoms with Crippen LogP contribution in [0.3, 0.4) is 0 Å². The highest BCUT2D eigenvalue weighted by Crippen LogP contribution is 2.12. The summed E-state index contributed by atoms with van der Waals surface area (Å²) >= 11 is 0. The van der Waals surface area contributed by atoms with Gasteiger partial charge in [-0.15, -0.1) is 0 Å². The van der Waals surface area contributed by atoms with Crippen LogP contribution in [0.15, 0.2) is 24.3 Å². The summed E-state index contributed by atoms with van der Waals surface area (Å²) in [6, 6.07) is -0.610.